The van der Waals surface area contributed by atoms with Crippen LogP contribution in [0.15, 0.2) is 48.5 Å². The quantitative estimate of drug-likeness (QED) is 0.526. The van der Waals surface area contributed by atoms with Gasteiger partial charge >= 0.3 is 5.97 Å². The molecule has 1 saturated carbocycles. The van der Waals surface area contributed by atoms with Crippen molar-refractivity contribution in [1.82, 2.24) is 0 Å². The van der Waals surface area contributed by atoms with Gasteiger partial charge < -0.3 is 10.1 Å². The fourth-order valence-corrected chi connectivity index (χ4v) is 5.53. The lowest BCUT2D eigenvalue weighted by molar-refractivity contribution is 0.0601. The Labute approximate surface area is 164 Å². The second-order valence-electron chi connectivity index (χ2n) is 7.32. The predicted octanol–water partition coefficient (Wildman–Crippen LogP) is 6.34. The fourth-order valence-electron chi connectivity index (χ4n) is 4.18. The van der Waals surface area contributed by atoms with Crippen molar-refractivity contribution in [2.45, 2.75) is 38.6 Å². The highest BCUT2D eigenvalue weighted by Gasteiger charge is 2.29. The van der Waals surface area contributed by atoms with E-state index >= 15 is 0 Å². The summed E-state index contributed by atoms with van der Waals surface area (Å²) in [4.78, 5) is 13.1. The van der Waals surface area contributed by atoms with Crippen LogP contribution in [0.25, 0.3) is 10.1 Å². The van der Waals surface area contributed by atoms with Crippen LogP contribution in [0.4, 0.5) is 5.69 Å². The Balaban J connectivity index is 1.67. The molecule has 1 N–H and O–H groups in total. The lowest BCUT2D eigenvalue weighted by atomic mass is 9.94. The molecule has 1 aromatic heterocycles. The molecule has 27 heavy (non-hydrogen) atoms. The van der Waals surface area contributed by atoms with Crippen molar-refractivity contribution in [1.29, 1.82) is 0 Å². The van der Waals surface area contributed by atoms with Crippen LogP contribution in [-0.2, 0) is 4.74 Å². The van der Waals surface area contributed by atoms with Crippen molar-refractivity contribution in [2.75, 3.05) is 12.4 Å². The lowest BCUT2D eigenvalue weighted by Gasteiger charge is -2.26. The van der Waals surface area contributed by atoms with E-state index in [0.29, 0.717) is 17.5 Å². The first-order valence-electron chi connectivity index (χ1n) is 9.60. The summed E-state index contributed by atoms with van der Waals surface area (Å²) in [7, 11) is 1.41. The molecule has 0 saturated heterocycles. The Morgan fingerprint density at radius 1 is 1.11 bits per heavy atom. The molecule has 0 spiro atoms. The van der Waals surface area contributed by atoms with Gasteiger partial charge in [0, 0.05) is 15.3 Å². The molecule has 0 amide bonds. The zero-order valence-corrected chi connectivity index (χ0v) is 16.6. The largest absolute Gasteiger partial charge is 0.465 e. The Kier molecular flexibility index (Phi) is 5.17. The molecule has 1 aliphatic rings. The second-order valence-corrected chi connectivity index (χ2v) is 8.41. The van der Waals surface area contributed by atoms with Gasteiger partial charge in [-0.05, 0) is 67.0 Å². The standard InChI is InChI=1S/C23H25NO2S/c1-15-19-9-5-6-10-20(19)27-22(15)21(16-7-3-4-8-16)24-18-13-11-17(12-14-18)23(25)26-2/h5-6,9-14,16,21,24H,3-4,7-8H2,1-2H3. The minimum Gasteiger partial charge on any atom is -0.465 e. The average molecular weight is 380 g/mol. The van der Waals surface area contributed by atoms with Crippen LogP contribution >= 0.6 is 11.3 Å². The monoisotopic (exact) mass is 379 g/mol. The van der Waals surface area contributed by atoms with Gasteiger partial charge in [0.15, 0.2) is 0 Å². The van der Waals surface area contributed by atoms with Crippen LogP contribution < -0.4 is 5.32 Å². The molecule has 3 aromatic rings. The van der Waals surface area contributed by atoms with E-state index < -0.39 is 0 Å². The van der Waals surface area contributed by atoms with E-state index in [2.05, 4.69) is 36.5 Å². The molecule has 1 aliphatic carbocycles. The first-order chi connectivity index (χ1) is 13.2. The summed E-state index contributed by atoms with van der Waals surface area (Å²) in [6.07, 6.45) is 5.17. The number of hydrogen-bond donors (Lipinski definition) is 1. The van der Waals surface area contributed by atoms with Gasteiger partial charge in [-0.15, -0.1) is 11.3 Å². The van der Waals surface area contributed by atoms with E-state index in [1.807, 2.05) is 35.6 Å². The van der Waals surface area contributed by atoms with E-state index in [1.54, 1.807) is 0 Å². The Bertz CT molecular complexity index is 939. The smallest absolute Gasteiger partial charge is 0.337 e. The Hall–Kier alpha value is -2.33. The molecule has 3 nitrogen and oxygen atoms in total. The molecule has 1 fully saturated rings. The topological polar surface area (TPSA) is 38.3 Å². The van der Waals surface area contributed by atoms with Crippen LogP contribution in [0.5, 0.6) is 0 Å². The van der Waals surface area contributed by atoms with E-state index in [0.717, 1.165) is 5.69 Å². The molecule has 4 heteroatoms. The fraction of sp³-hybridized carbons (Fsp3) is 0.348. The minimum atomic E-state index is -0.297. The number of ether oxygens (including phenoxy) is 1. The molecule has 2 aromatic carbocycles. The SMILES string of the molecule is COC(=O)c1ccc(NC(c2sc3ccccc3c2C)C2CCCC2)cc1. The highest BCUT2D eigenvalue weighted by Crippen LogP contribution is 2.44. The molecule has 1 unspecified atom stereocenters. The third-order valence-corrected chi connectivity index (χ3v) is 7.02. The predicted molar refractivity (Wildman–Crippen MR) is 113 cm³/mol. The number of esters is 1. The Morgan fingerprint density at radius 2 is 1.81 bits per heavy atom. The maximum atomic E-state index is 11.7. The number of thiophene rings is 1. The number of hydrogen-bond acceptors (Lipinski definition) is 4. The van der Waals surface area contributed by atoms with E-state index in [4.69, 9.17) is 4.74 Å². The Morgan fingerprint density at radius 3 is 2.48 bits per heavy atom. The second kappa shape index (κ2) is 7.73. The first kappa shape index (κ1) is 18.1. The van der Waals surface area contributed by atoms with Crippen LogP contribution in [0.1, 0.15) is 52.5 Å². The van der Waals surface area contributed by atoms with Gasteiger partial charge in [0.05, 0.1) is 18.7 Å². The summed E-state index contributed by atoms with van der Waals surface area (Å²) in [5.74, 6) is 0.353. The van der Waals surface area contributed by atoms with Gasteiger partial charge in [-0.25, -0.2) is 4.79 Å². The molecule has 4 rings (SSSR count). The summed E-state index contributed by atoms with van der Waals surface area (Å²) < 4.78 is 6.16. The highest BCUT2D eigenvalue weighted by molar-refractivity contribution is 7.19. The van der Waals surface area contributed by atoms with Gasteiger partial charge in [0.25, 0.3) is 0 Å². The number of benzene rings is 2. The third kappa shape index (κ3) is 3.59. The highest BCUT2D eigenvalue weighted by atomic mass is 32.1. The van der Waals surface area contributed by atoms with Crippen LogP contribution in [0.3, 0.4) is 0 Å². The zero-order chi connectivity index (χ0) is 18.8. The maximum absolute atomic E-state index is 11.7. The number of fused-ring (bicyclic) bond motifs is 1. The van der Waals surface area contributed by atoms with Crippen LogP contribution in [0.2, 0.25) is 0 Å². The summed E-state index contributed by atoms with van der Waals surface area (Å²) in [6, 6.07) is 16.6. The summed E-state index contributed by atoms with van der Waals surface area (Å²) >= 11 is 1.91. The van der Waals surface area contributed by atoms with Crippen molar-refractivity contribution in [2.24, 2.45) is 5.92 Å². The summed E-state index contributed by atoms with van der Waals surface area (Å²) in [6.45, 7) is 2.25. The normalized spacial score (nSPS) is 15.8. The number of anilines is 1. The number of carbonyl (C=O) groups excluding carboxylic acids is 1. The molecule has 0 bridgehead atoms. The number of nitrogens with one attached hydrogen (secondary N) is 1. The molecule has 1 atom stereocenters. The maximum Gasteiger partial charge on any atom is 0.337 e. The molecule has 0 aliphatic heterocycles. The van der Waals surface area contributed by atoms with Crippen LogP contribution in [0, 0.1) is 12.8 Å². The molecule has 1 heterocycles. The average Bonchev–Trinajstić information content (AvgIpc) is 3.35. The number of aryl methyl sites for hydroxylation is 1. The molecule has 140 valence electrons. The van der Waals surface area contributed by atoms with Gasteiger partial charge in [0.1, 0.15) is 0 Å². The van der Waals surface area contributed by atoms with Gasteiger partial charge in [-0.3, -0.25) is 0 Å². The molecule has 0 radical (unpaired) electrons. The van der Waals surface area contributed by atoms with Gasteiger partial charge in [-0.2, -0.15) is 0 Å². The van der Waals surface area contributed by atoms with Gasteiger partial charge in [0.2, 0.25) is 0 Å². The van der Waals surface area contributed by atoms with E-state index in [-0.39, 0.29) is 5.97 Å². The minimum absolute atomic E-state index is 0.297. The first-order valence-corrected chi connectivity index (χ1v) is 10.4. The number of rotatable bonds is 5. The van der Waals surface area contributed by atoms with Crippen molar-refractivity contribution < 1.29 is 9.53 Å². The molecular formula is C23H25NO2S. The summed E-state index contributed by atoms with van der Waals surface area (Å²) in [5.41, 5.74) is 3.03. The van der Waals surface area contributed by atoms with Crippen molar-refractivity contribution in [3.05, 3.63) is 64.5 Å². The molecular weight excluding hydrogens is 354 g/mol. The van der Waals surface area contributed by atoms with Crippen molar-refractivity contribution >= 4 is 33.1 Å². The number of methoxy groups -OCH3 is 1. The van der Waals surface area contributed by atoms with Crippen molar-refractivity contribution in [3.8, 4) is 0 Å². The number of carbonyl (C=O) groups is 1. The third-order valence-electron chi connectivity index (χ3n) is 5.66. The summed E-state index contributed by atoms with van der Waals surface area (Å²) in [5, 5.41) is 5.15. The van der Waals surface area contributed by atoms with Crippen LogP contribution in [-0.4, -0.2) is 13.1 Å². The van der Waals surface area contributed by atoms with Gasteiger partial charge in [-0.1, -0.05) is 31.0 Å². The lowest BCUT2D eigenvalue weighted by Crippen LogP contribution is -2.18. The van der Waals surface area contributed by atoms with E-state index in [9.17, 15) is 4.79 Å². The van der Waals surface area contributed by atoms with E-state index in [1.165, 1.54) is 53.3 Å². The zero-order valence-electron chi connectivity index (χ0n) is 15.8. The van der Waals surface area contributed by atoms with Crippen molar-refractivity contribution in [3.63, 3.8) is 0 Å².